The molecule has 0 spiro atoms. The number of esters is 2. The molecule has 0 saturated heterocycles. The number of carbonyl (C=O) groups excluding carboxylic acids is 2. The first-order chi connectivity index (χ1) is 11.6. The number of ether oxygens (including phenoxy) is 3. The van der Waals surface area contributed by atoms with Crippen LogP contribution in [0.3, 0.4) is 0 Å². The maximum absolute atomic E-state index is 11.7. The van der Waals surface area contributed by atoms with Gasteiger partial charge >= 0.3 is 11.9 Å². The maximum Gasteiger partial charge on any atom is 0.306 e. The monoisotopic (exact) mass is 344 g/mol. The minimum absolute atomic E-state index is 0.0990. The van der Waals surface area contributed by atoms with Gasteiger partial charge in [0, 0.05) is 13.7 Å². The van der Waals surface area contributed by atoms with Gasteiger partial charge in [0.05, 0.1) is 26.1 Å². The summed E-state index contributed by atoms with van der Waals surface area (Å²) in [5.74, 6) is -0.119. The zero-order valence-electron chi connectivity index (χ0n) is 15.8. The van der Waals surface area contributed by atoms with Gasteiger partial charge in [-0.15, -0.1) is 0 Å². The highest BCUT2D eigenvalue weighted by atomic mass is 16.5. The van der Waals surface area contributed by atoms with Crippen molar-refractivity contribution < 1.29 is 23.8 Å². The quantitative estimate of drug-likeness (QED) is 0.309. The number of unbranched alkanes of at least 4 members (excludes halogenated alkanes) is 3. The molecule has 0 aliphatic heterocycles. The normalized spacial score (nSPS) is 12.0. The van der Waals surface area contributed by atoms with Gasteiger partial charge in [0.25, 0.3) is 0 Å². The van der Waals surface area contributed by atoms with Crippen molar-refractivity contribution in [3.8, 4) is 0 Å². The van der Waals surface area contributed by atoms with E-state index >= 15 is 0 Å². The van der Waals surface area contributed by atoms with E-state index in [1.165, 1.54) is 25.7 Å². The van der Waals surface area contributed by atoms with Crippen molar-refractivity contribution in [2.75, 3.05) is 26.9 Å². The fourth-order valence-corrected chi connectivity index (χ4v) is 2.48. The summed E-state index contributed by atoms with van der Waals surface area (Å²) in [6, 6.07) is 0. The van der Waals surface area contributed by atoms with Crippen LogP contribution in [0.25, 0.3) is 0 Å². The van der Waals surface area contributed by atoms with E-state index in [9.17, 15) is 9.59 Å². The van der Waals surface area contributed by atoms with Crippen molar-refractivity contribution in [2.24, 2.45) is 5.92 Å². The summed E-state index contributed by atoms with van der Waals surface area (Å²) in [4.78, 5) is 23.0. The van der Waals surface area contributed by atoms with Gasteiger partial charge in [-0.2, -0.15) is 0 Å². The summed E-state index contributed by atoms with van der Waals surface area (Å²) in [7, 11) is 1.71. The Bertz CT molecular complexity index is 317. The highest BCUT2D eigenvalue weighted by Crippen LogP contribution is 2.18. The standard InChI is InChI=1S/C19H36O5/c1-4-6-7-8-9-17(12-15-22-3)13-16-24-19(21)11-10-18(20)23-14-5-2/h17H,4-16H2,1-3H3. The lowest BCUT2D eigenvalue weighted by Crippen LogP contribution is -2.14. The van der Waals surface area contributed by atoms with Crippen molar-refractivity contribution in [1.29, 1.82) is 0 Å². The molecule has 5 heteroatoms. The molecule has 0 saturated carbocycles. The first-order valence-corrected chi connectivity index (χ1v) is 9.44. The molecule has 142 valence electrons. The van der Waals surface area contributed by atoms with Crippen LogP contribution in [0.1, 0.15) is 78.1 Å². The van der Waals surface area contributed by atoms with Gasteiger partial charge in [-0.25, -0.2) is 0 Å². The second-order valence-electron chi connectivity index (χ2n) is 6.23. The van der Waals surface area contributed by atoms with E-state index in [1.807, 2.05) is 6.92 Å². The van der Waals surface area contributed by atoms with E-state index in [-0.39, 0.29) is 24.8 Å². The molecule has 0 heterocycles. The van der Waals surface area contributed by atoms with Gasteiger partial charge in [-0.3, -0.25) is 9.59 Å². The zero-order chi connectivity index (χ0) is 18.0. The summed E-state index contributed by atoms with van der Waals surface area (Å²) in [5, 5.41) is 0. The molecule has 1 atom stereocenters. The minimum atomic E-state index is -0.331. The van der Waals surface area contributed by atoms with Crippen LogP contribution in [0.5, 0.6) is 0 Å². The summed E-state index contributed by atoms with van der Waals surface area (Å²) in [5.41, 5.74) is 0. The van der Waals surface area contributed by atoms with E-state index in [0.29, 0.717) is 19.1 Å². The van der Waals surface area contributed by atoms with E-state index in [4.69, 9.17) is 14.2 Å². The van der Waals surface area contributed by atoms with Crippen LogP contribution in [0.2, 0.25) is 0 Å². The Morgan fingerprint density at radius 2 is 1.38 bits per heavy atom. The lowest BCUT2D eigenvalue weighted by atomic mass is 9.95. The second kappa shape index (κ2) is 16.7. The van der Waals surface area contributed by atoms with Gasteiger partial charge in [-0.1, -0.05) is 46.0 Å². The Morgan fingerprint density at radius 1 is 0.750 bits per heavy atom. The van der Waals surface area contributed by atoms with Crippen LogP contribution in [0.4, 0.5) is 0 Å². The molecule has 0 N–H and O–H groups in total. The van der Waals surface area contributed by atoms with Crippen LogP contribution in [-0.2, 0) is 23.8 Å². The lowest BCUT2D eigenvalue weighted by molar-refractivity contribution is -0.150. The predicted octanol–water partition coefficient (Wildman–Crippen LogP) is 4.28. The Morgan fingerprint density at radius 3 is 1.96 bits per heavy atom. The number of carbonyl (C=O) groups is 2. The highest BCUT2D eigenvalue weighted by Gasteiger charge is 2.12. The van der Waals surface area contributed by atoms with Crippen LogP contribution >= 0.6 is 0 Å². The molecule has 0 aromatic carbocycles. The molecule has 0 radical (unpaired) electrons. The van der Waals surface area contributed by atoms with E-state index in [2.05, 4.69) is 6.92 Å². The topological polar surface area (TPSA) is 61.8 Å². The third kappa shape index (κ3) is 14.5. The van der Waals surface area contributed by atoms with Gasteiger partial charge in [0.15, 0.2) is 0 Å². The van der Waals surface area contributed by atoms with Crippen molar-refractivity contribution in [3.63, 3.8) is 0 Å². The molecule has 1 unspecified atom stereocenters. The number of hydrogen-bond donors (Lipinski definition) is 0. The van der Waals surface area contributed by atoms with Gasteiger partial charge in [0.1, 0.15) is 0 Å². The van der Waals surface area contributed by atoms with Gasteiger partial charge in [0.2, 0.25) is 0 Å². The maximum atomic E-state index is 11.7. The molecule has 0 rings (SSSR count). The SMILES string of the molecule is CCCCCCC(CCOC)CCOC(=O)CCC(=O)OCCC. The molecule has 0 fully saturated rings. The lowest BCUT2D eigenvalue weighted by Gasteiger charge is -2.16. The van der Waals surface area contributed by atoms with Crippen LogP contribution < -0.4 is 0 Å². The summed E-state index contributed by atoms with van der Waals surface area (Å²) < 4.78 is 15.3. The second-order valence-corrected chi connectivity index (χ2v) is 6.23. The first kappa shape index (κ1) is 22.9. The number of rotatable bonds is 16. The van der Waals surface area contributed by atoms with E-state index in [0.717, 1.165) is 32.3 Å². The highest BCUT2D eigenvalue weighted by molar-refractivity contribution is 5.77. The number of hydrogen-bond acceptors (Lipinski definition) is 5. The molecule has 24 heavy (non-hydrogen) atoms. The molecule has 0 amide bonds. The van der Waals surface area contributed by atoms with Crippen molar-refractivity contribution >= 4 is 11.9 Å². The average molecular weight is 344 g/mol. The Kier molecular flexibility index (Phi) is 16.0. The third-order valence-electron chi connectivity index (χ3n) is 3.99. The number of methoxy groups -OCH3 is 1. The fraction of sp³-hybridized carbons (Fsp3) is 0.895. The first-order valence-electron chi connectivity index (χ1n) is 9.44. The Hall–Kier alpha value is -1.10. The summed E-state index contributed by atoms with van der Waals surface area (Å²) in [6.45, 7) is 5.72. The van der Waals surface area contributed by atoms with Crippen molar-refractivity contribution in [1.82, 2.24) is 0 Å². The summed E-state index contributed by atoms with van der Waals surface area (Å²) >= 11 is 0. The van der Waals surface area contributed by atoms with Gasteiger partial charge < -0.3 is 14.2 Å². The van der Waals surface area contributed by atoms with Crippen LogP contribution in [-0.4, -0.2) is 38.9 Å². The molecule has 0 bridgehead atoms. The molecular formula is C19H36O5. The predicted molar refractivity (Wildman–Crippen MR) is 94.8 cm³/mol. The van der Waals surface area contributed by atoms with Crippen LogP contribution in [0, 0.1) is 5.92 Å². The molecule has 0 aliphatic rings. The van der Waals surface area contributed by atoms with Crippen LogP contribution in [0.15, 0.2) is 0 Å². The largest absolute Gasteiger partial charge is 0.466 e. The third-order valence-corrected chi connectivity index (χ3v) is 3.99. The zero-order valence-corrected chi connectivity index (χ0v) is 15.8. The average Bonchev–Trinajstić information content (AvgIpc) is 2.59. The Labute approximate surface area is 147 Å². The summed E-state index contributed by atoms with van der Waals surface area (Å²) in [6.07, 6.45) is 9.01. The molecule has 0 aliphatic carbocycles. The molecule has 0 aromatic rings. The molecular weight excluding hydrogens is 308 g/mol. The molecule has 5 nitrogen and oxygen atoms in total. The van der Waals surface area contributed by atoms with Crippen molar-refractivity contribution in [3.05, 3.63) is 0 Å². The fourth-order valence-electron chi connectivity index (χ4n) is 2.48. The smallest absolute Gasteiger partial charge is 0.306 e. The molecule has 0 aromatic heterocycles. The van der Waals surface area contributed by atoms with Gasteiger partial charge in [-0.05, 0) is 25.2 Å². The Balaban J connectivity index is 3.85. The van der Waals surface area contributed by atoms with E-state index in [1.54, 1.807) is 7.11 Å². The van der Waals surface area contributed by atoms with E-state index < -0.39 is 0 Å². The van der Waals surface area contributed by atoms with Crippen molar-refractivity contribution in [2.45, 2.75) is 78.1 Å². The minimum Gasteiger partial charge on any atom is -0.466 e.